The molecule has 4 nitrogen and oxygen atoms in total. The third kappa shape index (κ3) is 4.22. The van der Waals surface area contributed by atoms with Crippen molar-refractivity contribution < 1.29 is 8.42 Å². The standard InChI is InChI=1S/C16H25ClN2O2S/c1-12(2)22(20,21)19-8-7-16(13(3)11-19)18-10-14-5-4-6-15(17)9-14/h4-6,9,12-13,16,18H,7-8,10-11H2,1-3H3/t13-,16+/m0/s1. The average molecular weight is 345 g/mol. The van der Waals surface area contributed by atoms with Crippen LogP contribution in [0.2, 0.25) is 5.02 Å². The van der Waals surface area contributed by atoms with Crippen LogP contribution in [0, 0.1) is 5.92 Å². The summed E-state index contributed by atoms with van der Waals surface area (Å²) in [5, 5.41) is 3.93. The van der Waals surface area contributed by atoms with Crippen molar-refractivity contribution in [1.82, 2.24) is 9.62 Å². The van der Waals surface area contributed by atoms with E-state index in [1.165, 1.54) is 0 Å². The summed E-state index contributed by atoms with van der Waals surface area (Å²) < 4.78 is 26.1. The molecule has 1 fully saturated rings. The summed E-state index contributed by atoms with van der Waals surface area (Å²) in [5.74, 6) is 0.293. The highest BCUT2D eigenvalue weighted by molar-refractivity contribution is 7.89. The van der Waals surface area contributed by atoms with E-state index in [9.17, 15) is 8.42 Å². The van der Waals surface area contributed by atoms with Crippen molar-refractivity contribution in [3.63, 3.8) is 0 Å². The van der Waals surface area contributed by atoms with Gasteiger partial charge in [-0.3, -0.25) is 0 Å². The first kappa shape index (κ1) is 17.7. The van der Waals surface area contributed by atoms with E-state index in [2.05, 4.69) is 12.2 Å². The highest BCUT2D eigenvalue weighted by Gasteiger charge is 2.33. The third-order valence-corrected chi connectivity index (χ3v) is 6.76. The summed E-state index contributed by atoms with van der Waals surface area (Å²) in [6.45, 7) is 7.53. The van der Waals surface area contributed by atoms with E-state index in [0.29, 0.717) is 25.0 Å². The highest BCUT2D eigenvalue weighted by Crippen LogP contribution is 2.22. The van der Waals surface area contributed by atoms with Crippen LogP contribution in [0.3, 0.4) is 0 Å². The first-order chi connectivity index (χ1) is 10.3. The van der Waals surface area contributed by atoms with Gasteiger partial charge in [0.2, 0.25) is 10.0 Å². The Hall–Kier alpha value is -0.620. The summed E-state index contributed by atoms with van der Waals surface area (Å²) in [5.41, 5.74) is 1.15. The van der Waals surface area contributed by atoms with Crippen LogP contribution in [-0.2, 0) is 16.6 Å². The number of rotatable bonds is 5. The molecule has 1 aliphatic rings. The quantitative estimate of drug-likeness (QED) is 0.893. The SMILES string of the molecule is CC(C)S(=O)(=O)N1CC[C@@H](NCc2cccc(Cl)c2)[C@@H](C)C1. The third-order valence-electron chi connectivity index (χ3n) is 4.28. The Balaban J connectivity index is 1.91. The molecule has 2 atom stereocenters. The van der Waals surface area contributed by atoms with E-state index in [1.54, 1.807) is 18.2 Å². The van der Waals surface area contributed by atoms with Gasteiger partial charge in [0, 0.05) is 30.7 Å². The fourth-order valence-electron chi connectivity index (χ4n) is 2.84. The normalized spacial score (nSPS) is 23.9. The molecule has 124 valence electrons. The van der Waals surface area contributed by atoms with Crippen molar-refractivity contribution in [2.75, 3.05) is 13.1 Å². The lowest BCUT2D eigenvalue weighted by atomic mass is 9.95. The number of nitrogens with one attached hydrogen (secondary N) is 1. The number of sulfonamides is 1. The molecule has 1 aromatic carbocycles. The molecule has 0 unspecified atom stereocenters. The van der Waals surface area contributed by atoms with E-state index < -0.39 is 10.0 Å². The first-order valence-electron chi connectivity index (χ1n) is 7.77. The first-order valence-corrected chi connectivity index (χ1v) is 9.65. The number of piperidine rings is 1. The molecule has 22 heavy (non-hydrogen) atoms. The molecule has 0 spiro atoms. The molecule has 0 amide bonds. The van der Waals surface area contributed by atoms with Gasteiger partial charge in [-0.05, 0) is 43.9 Å². The lowest BCUT2D eigenvalue weighted by Crippen LogP contribution is -2.51. The van der Waals surface area contributed by atoms with Gasteiger partial charge < -0.3 is 5.32 Å². The number of nitrogens with zero attached hydrogens (tertiary/aromatic N) is 1. The van der Waals surface area contributed by atoms with Crippen LogP contribution in [0.5, 0.6) is 0 Å². The summed E-state index contributed by atoms with van der Waals surface area (Å²) in [6.07, 6.45) is 0.841. The van der Waals surface area contributed by atoms with E-state index in [0.717, 1.165) is 23.6 Å². The van der Waals surface area contributed by atoms with Gasteiger partial charge in [-0.1, -0.05) is 30.7 Å². The Morgan fingerprint density at radius 1 is 1.41 bits per heavy atom. The van der Waals surface area contributed by atoms with Gasteiger partial charge in [0.05, 0.1) is 5.25 Å². The number of halogens is 1. The molecule has 1 heterocycles. The molecule has 1 aromatic rings. The van der Waals surface area contributed by atoms with Crippen molar-refractivity contribution in [3.8, 4) is 0 Å². The largest absolute Gasteiger partial charge is 0.310 e. The Kier molecular flexibility index (Phi) is 5.88. The topological polar surface area (TPSA) is 49.4 Å². The smallest absolute Gasteiger partial charge is 0.216 e. The van der Waals surface area contributed by atoms with Crippen LogP contribution < -0.4 is 5.32 Å². The second-order valence-electron chi connectivity index (χ2n) is 6.33. The predicted molar refractivity (Wildman–Crippen MR) is 91.5 cm³/mol. The molecule has 1 saturated heterocycles. The van der Waals surface area contributed by atoms with E-state index >= 15 is 0 Å². The van der Waals surface area contributed by atoms with Gasteiger partial charge in [0.25, 0.3) is 0 Å². The maximum atomic E-state index is 12.2. The Bertz CT molecular complexity index is 604. The van der Waals surface area contributed by atoms with E-state index in [1.807, 2.05) is 24.3 Å². The van der Waals surface area contributed by atoms with Crippen LogP contribution >= 0.6 is 11.6 Å². The van der Waals surface area contributed by atoms with Crippen molar-refractivity contribution in [2.45, 2.75) is 45.0 Å². The van der Waals surface area contributed by atoms with E-state index in [-0.39, 0.29) is 5.25 Å². The fraction of sp³-hybridized carbons (Fsp3) is 0.625. The lowest BCUT2D eigenvalue weighted by Gasteiger charge is -2.37. The molecule has 1 N–H and O–H groups in total. The Morgan fingerprint density at radius 2 is 2.14 bits per heavy atom. The van der Waals surface area contributed by atoms with Crippen LogP contribution in [0.15, 0.2) is 24.3 Å². The van der Waals surface area contributed by atoms with Crippen molar-refractivity contribution in [2.24, 2.45) is 5.92 Å². The molecule has 1 aliphatic heterocycles. The van der Waals surface area contributed by atoms with Gasteiger partial charge >= 0.3 is 0 Å². The molecular formula is C16H25ClN2O2S. The second kappa shape index (κ2) is 7.30. The zero-order valence-corrected chi connectivity index (χ0v) is 15.0. The maximum absolute atomic E-state index is 12.2. The van der Waals surface area contributed by atoms with Gasteiger partial charge in [-0.25, -0.2) is 12.7 Å². The monoisotopic (exact) mass is 344 g/mol. The highest BCUT2D eigenvalue weighted by atomic mass is 35.5. The van der Waals surface area contributed by atoms with Gasteiger partial charge in [-0.15, -0.1) is 0 Å². The molecule has 0 radical (unpaired) electrons. The average Bonchev–Trinajstić information content (AvgIpc) is 2.45. The van der Waals surface area contributed by atoms with Crippen LogP contribution in [0.25, 0.3) is 0 Å². The minimum absolute atomic E-state index is 0.293. The summed E-state index contributed by atoms with van der Waals surface area (Å²) in [6, 6.07) is 8.14. The molecule has 0 aromatic heterocycles. The molecule has 0 aliphatic carbocycles. The number of hydrogen-bond donors (Lipinski definition) is 1. The van der Waals surface area contributed by atoms with Crippen LogP contribution in [0.4, 0.5) is 0 Å². The summed E-state index contributed by atoms with van der Waals surface area (Å²) in [7, 11) is -3.14. The number of benzene rings is 1. The fourth-order valence-corrected chi connectivity index (χ4v) is 4.45. The minimum Gasteiger partial charge on any atom is -0.310 e. The van der Waals surface area contributed by atoms with Gasteiger partial charge in [-0.2, -0.15) is 0 Å². The lowest BCUT2D eigenvalue weighted by molar-refractivity contribution is 0.218. The van der Waals surface area contributed by atoms with Crippen LogP contribution in [-0.4, -0.2) is 37.1 Å². The molecule has 0 saturated carbocycles. The zero-order chi connectivity index (χ0) is 16.3. The second-order valence-corrected chi connectivity index (χ2v) is 9.26. The van der Waals surface area contributed by atoms with Crippen molar-refractivity contribution in [1.29, 1.82) is 0 Å². The van der Waals surface area contributed by atoms with Gasteiger partial charge in [0.1, 0.15) is 0 Å². The van der Waals surface area contributed by atoms with Crippen molar-refractivity contribution in [3.05, 3.63) is 34.9 Å². The minimum atomic E-state index is -3.14. The summed E-state index contributed by atoms with van der Waals surface area (Å²) in [4.78, 5) is 0. The number of hydrogen-bond acceptors (Lipinski definition) is 3. The van der Waals surface area contributed by atoms with E-state index in [4.69, 9.17) is 11.6 Å². The predicted octanol–water partition coefficient (Wildman–Crippen LogP) is 2.88. The maximum Gasteiger partial charge on any atom is 0.216 e. The molecule has 0 bridgehead atoms. The molecule has 6 heteroatoms. The molecule has 2 rings (SSSR count). The van der Waals surface area contributed by atoms with Crippen LogP contribution in [0.1, 0.15) is 32.8 Å². The summed E-state index contributed by atoms with van der Waals surface area (Å²) >= 11 is 5.99. The van der Waals surface area contributed by atoms with Crippen molar-refractivity contribution >= 4 is 21.6 Å². The Labute approximate surface area is 138 Å². The zero-order valence-electron chi connectivity index (χ0n) is 13.4. The van der Waals surface area contributed by atoms with Gasteiger partial charge in [0.15, 0.2) is 0 Å². The Morgan fingerprint density at radius 3 is 2.73 bits per heavy atom. The molecular weight excluding hydrogens is 320 g/mol.